The van der Waals surface area contributed by atoms with Crippen LogP contribution in [0, 0.1) is 0 Å². The van der Waals surface area contributed by atoms with E-state index in [1.165, 1.54) is 24.1 Å². The van der Waals surface area contributed by atoms with E-state index in [2.05, 4.69) is 0 Å². The molecular formula is C8H14O4S2. The fraction of sp³-hybridized carbons (Fsp3) is 1.00. The molecule has 0 N–H and O–H groups in total. The molecule has 0 bridgehead atoms. The predicted molar refractivity (Wildman–Crippen MR) is 55.3 cm³/mol. The monoisotopic (exact) mass is 238 g/mol. The third-order valence-electron chi connectivity index (χ3n) is 1.96. The molecule has 2 rings (SSSR count). The lowest BCUT2D eigenvalue weighted by molar-refractivity contribution is -0.318. The van der Waals surface area contributed by atoms with Gasteiger partial charge in [-0.05, 0) is 25.7 Å². The molecule has 2 atom stereocenters. The molecule has 0 radical (unpaired) electrons. The van der Waals surface area contributed by atoms with Crippen molar-refractivity contribution < 1.29 is 18.1 Å². The van der Waals surface area contributed by atoms with Crippen LogP contribution in [0.1, 0.15) is 25.7 Å². The van der Waals surface area contributed by atoms with Crippen LogP contribution < -0.4 is 0 Å². The summed E-state index contributed by atoms with van der Waals surface area (Å²) in [5.74, 6) is 0. The van der Waals surface area contributed by atoms with Gasteiger partial charge in [0, 0.05) is 24.1 Å². The first kappa shape index (κ1) is 11.0. The van der Waals surface area contributed by atoms with Crippen LogP contribution in [0.3, 0.4) is 0 Å². The Labute approximate surface area is 92.3 Å². The average molecular weight is 238 g/mol. The van der Waals surface area contributed by atoms with Crippen LogP contribution in [0.4, 0.5) is 0 Å². The zero-order valence-corrected chi connectivity index (χ0v) is 9.48. The van der Waals surface area contributed by atoms with E-state index < -0.39 is 0 Å². The number of rotatable bonds is 3. The lowest BCUT2D eigenvalue weighted by atomic mass is 10.3. The summed E-state index contributed by atoms with van der Waals surface area (Å²) < 4.78 is 10.4. The topological polar surface area (TPSA) is 36.9 Å². The van der Waals surface area contributed by atoms with Gasteiger partial charge in [0.25, 0.3) is 0 Å². The molecule has 0 spiro atoms. The summed E-state index contributed by atoms with van der Waals surface area (Å²) in [6.45, 7) is 1.62. The molecule has 14 heavy (non-hydrogen) atoms. The van der Waals surface area contributed by atoms with Crippen LogP contribution in [-0.2, 0) is 18.1 Å². The molecule has 0 aliphatic carbocycles. The maximum absolute atomic E-state index is 5.26. The highest BCUT2D eigenvalue weighted by atomic mass is 32.2. The Morgan fingerprint density at radius 1 is 0.857 bits per heavy atom. The third-order valence-corrected chi connectivity index (χ3v) is 3.62. The highest BCUT2D eigenvalue weighted by Gasteiger charge is 2.21. The van der Waals surface area contributed by atoms with Crippen molar-refractivity contribution in [3.8, 4) is 0 Å². The van der Waals surface area contributed by atoms with Gasteiger partial charge in [0.2, 0.25) is 0 Å². The number of hydrogen-bond donors (Lipinski definition) is 0. The lowest BCUT2D eigenvalue weighted by Crippen LogP contribution is -2.21. The van der Waals surface area contributed by atoms with Crippen molar-refractivity contribution in [2.24, 2.45) is 0 Å². The summed E-state index contributed by atoms with van der Waals surface area (Å²) in [7, 11) is 0. The van der Waals surface area contributed by atoms with Gasteiger partial charge in [-0.25, -0.2) is 9.78 Å². The van der Waals surface area contributed by atoms with Crippen LogP contribution in [-0.4, -0.2) is 24.1 Å². The molecule has 2 aliphatic heterocycles. The predicted octanol–water partition coefficient (Wildman–Crippen LogP) is 2.50. The van der Waals surface area contributed by atoms with Gasteiger partial charge in [-0.3, -0.25) is 0 Å². The average Bonchev–Trinajstić information content (AvgIpc) is 2.29. The summed E-state index contributed by atoms with van der Waals surface area (Å²) in [6.07, 6.45) is 4.05. The highest BCUT2D eigenvalue weighted by molar-refractivity contribution is 7.95. The van der Waals surface area contributed by atoms with Crippen LogP contribution in [0.25, 0.3) is 0 Å². The Hall–Kier alpha value is 0.540. The Morgan fingerprint density at radius 3 is 1.71 bits per heavy atom. The first-order valence-corrected chi connectivity index (χ1v) is 6.45. The Bertz CT molecular complexity index is 139. The minimum Gasteiger partial charge on any atom is -0.313 e. The zero-order valence-electron chi connectivity index (χ0n) is 7.85. The minimum atomic E-state index is 0.0197. The second-order valence-electron chi connectivity index (χ2n) is 3.17. The Kier molecular flexibility index (Phi) is 4.88. The van der Waals surface area contributed by atoms with Crippen LogP contribution in [0.5, 0.6) is 0 Å². The molecule has 0 amide bonds. The van der Waals surface area contributed by atoms with Gasteiger partial charge in [0.1, 0.15) is 0 Å². The second kappa shape index (κ2) is 6.19. The van der Waals surface area contributed by atoms with E-state index in [0.29, 0.717) is 0 Å². The summed E-state index contributed by atoms with van der Waals surface area (Å²) in [4.78, 5) is 10.5. The van der Waals surface area contributed by atoms with E-state index in [4.69, 9.17) is 18.1 Å². The van der Waals surface area contributed by atoms with Gasteiger partial charge in [0.05, 0.1) is 13.2 Å². The third kappa shape index (κ3) is 3.60. The maximum Gasteiger partial charge on any atom is 0.164 e. The fourth-order valence-electron chi connectivity index (χ4n) is 1.21. The first-order valence-electron chi connectivity index (χ1n) is 4.84. The summed E-state index contributed by atoms with van der Waals surface area (Å²) in [5, 5.41) is 0. The summed E-state index contributed by atoms with van der Waals surface area (Å²) in [6, 6.07) is 0. The molecule has 0 aromatic heterocycles. The van der Waals surface area contributed by atoms with Crippen molar-refractivity contribution >= 4 is 24.1 Å². The molecule has 2 unspecified atom stereocenters. The van der Waals surface area contributed by atoms with E-state index in [1.807, 2.05) is 0 Å². The maximum atomic E-state index is 5.26. The highest BCUT2D eigenvalue weighted by Crippen LogP contribution is 2.29. The molecule has 2 saturated heterocycles. The van der Waals surface area contributed by atoms with Gasteiger partial charge in [0.15, 0.2) is 10.9 Å². The van der Waals surface area contributed by atoms with E-state index in [0.717, 1.165) is 38.9 Å². The second-order valence-corrected chi connectivity index (χ2v) is 5.08. The van der Waals surface area contributed by atoms with Crippen LogP contribution >= 0.6 is 24.1 Å². The fourth-order valence-corrected chi connectivity index (χ4v) is 2.63. The molecule has 2 fully saturated rings. The normalized spacial score (nSPS) is 34.3. The largest absolute Gasteiger partial charge is 0.313 e. The smallest absolute Gasteiger partial charge is 0.164 e. The van der Waals surface area contributed by atoms with Gasteiger partial charge in [-0.2, -0.15) is 0 Å². The molecule has 0 aromatic rings. The van der Waals surface area contributed by atoms with Crippen molar-refractivity contribution in [2.45, 2.75) is 36.6 Å². The SMILES string of the molecule is C1COSC(OOC2CCCOS2)C1. The molecule has 0 aromatic carbocycles. The van der Waals surface area contributed by atoms with E-state index in [1.54, 1.807) is 0 Å². The minimum absolute atomic E-state index is 0.0197. The Balaban J connectivity index is 1.60. The molecule has 0 saturated carbocycles. The zero-order chi connectivity index (χ0) is 9.64. The number of hydrogen-bond acceptors (Lipinski definition) is 6. The van der Waals surface area contributed by atoms with Crippen molar-refractivity contribution in [2.75, 3.05) is 13.2 Å². The summed E-state index contributed by atoms with van der Waals surface area (Å²) in [5.41, 5.74) is 0.0394. The Morgan fingerprint density at radius 2 is 1.36 bits per heavy atom. The molecular weight excluding hydrogens is 224 g/mol. The van der Waals surface area contributed by atoms with Crippen LogP contribution in [0.2, 0.25) is 0 Å². The standard InChI is InChI=1S/C8H14O4S2/c1-3-7(13-9-5-1)11-12-8-4-2-6-10-14-8/h7-8H,1-6H2. The van der Waals surface area contributed by atoms with Gasteiger partial charge in [-0.1, -0.05) is 0 Å². The molecule has 82 valence electrons. The molecule has 4 nitrogen and oxygen atoms in total. The quantitative estimate of drug-likeness (QED) is 0.427. The molecule has 2 heterocycles. The van der Waals surface area contributed by atoms with Crippen molar-refractivity contribution in [3.63, 3.8) is 0 Å². The van der Waals surface area contributed by atoms with Gasteiger partial charge in [-0.15, -0.1) is 0 Å². The molecule has 2 aliphatic rings. The first-order chi connectivity index (χ1) is 6.95. The van der Waals surface area contributed by atoms with E-state index in [-0.39, 0.29) is 10.9 Å². The van der Waals surface area contributed by atoms with E-state index >= 15 is 0 Å². The van der Waals surface area contributed by atoms with Gasteiger partial charge < -0.3 is 8.37 Å². The van der Waals surface area contributed by atoms with Crippen molar-refractivity contribution in [3.05, 3.63) is 0 Å². The van der Waals surface area contributed by atoms with Crippen LogP contribution in [0.15, 0.2) is 0 Å². The van der Waals surface area contributed by atoms with Gasteiger partial charge >= 0.3 is 0 Å². The molecule has 6 heteroatoms. The lowest BCUT2D eigenvalue weighted by Gasteiger charge is -2.24. The van der Waals surface area contributed by atoms with E-state index in [9.17, 15) is 0 Å². The van der Waals surface area contributed by atoms with Crippen molar-refractivity contribution in [1.29, 1.82) is 0 Å². The van der Waals surface area contributed by atoms with Crippen molar-refractivity contribution in [1.82, 2.24) is 0 Å². The summed E-state index contributed by atoms with van der Waals surface area (Å²) >= 11 is 2.71.